The van der Waals surface area contributed by atoms with E-state index in [0.29, 0.717) is 30.3 Å². The molecule has 1 atom stereocenters. The predicted molar refractivity (Wildman–Crippen MR) is 128 cm³/mol. The molecule has 5 nitrogen and oxygen atoms in total. The van der Waals surface area contributed by atoms with Crippen LogP contribution in [0.1, 0.15) is 46.1 Å². The van der Waals surface area contributed by atoms with E-state index in [1.807, 2.05) is 45.0 Å². The minimum Gasteiger partial charge on any atom is -0.494 e. The zero-order chi connectivity index (χ0) is 23.0. The topological polar surface area (TPSA) is 58.6 Å². The first-order valence-corrected chi connectivity index (χ1v) is 11.5. The lowest BCUT2D eigenvalue weighted by Gasteiger charge is -2.31. The van der Waals surface area contributed by atoms with Gasteiger partial charge in [0, 0.05) is 28.0 Å². The molecule has 0 unspecified atom stereocenters. The Kier molecular flexibility index (Phi) is 9.38. The van der Waals surface area contributed by atoms with Crippen LogP contribution in [0.25, 0.3) is 0 Å². The highest BCUT2D eigenvalue weighted by atomic mass is 79.9. The van der Waals surface area contributed by atoms with E-state index >= 15 is 0 Å². The quantitative estimate of drug-likeness (QED) is 0.448. The van der Waals surface area contributed by atoms with Crippen LogP contribution in [0.3, 0.4) is 0 Å². The third-order valence-electron chi connectivity index (χ3n) is 4.52. The van der Waals surface area contributed by atoms with Gasteiger partial charge >= 0.3 is 0 Å². The van der Waals surface area contributed by atoms with Gasteiger partial charge < -0.3 is 15.0 Å². The molecule has 2 aromatic rings. The monoisotopic (exact) mass is 508 g/mol. The van der Waals surface area contributed by atoms with Crippen molar-refractivity contribution in [2.45, 2.75) is 58.7 Å². The van der Waals surface area contributed by atoms with Crippen LogP contribution in [-0.2, 0) is 16.1 Å². The lowest BCUT2D eigenvalue weighted by molar-refractivity contribution is -0.141. The molecule has 0 heterocycles. The van der Waals surface area contributed by atoms with Crippen LogP contribution >= 0.6 is 27.5 Å². The van der Waals surface area contributed by atoms with E-state index in [-0.39, 0.29) is 23.8 Å². The van der Waals surface area contributed by atoms with Gasteiger partial charge in [0.15, 0.2) is 0 Å². The molecule has 0 fully saturated rings. The summed E-state index contributed by atoms with van der Waals surface area (Å²) in [5, 5.41) is 3.61. The molecule has 2 amide bonds. The Hall–Kier alpha value is -2.05. The molecule has 1 N–H and O–H groups in total. The summed E-state index contributed by atoms with van der Waals surface area (Å²) in [7, 11) is 0. The molecule has 31 heavy (non-hydrogen) atoms. The van der Waals surface area contributed by atoms with Gasteiger partial charge in [-0.3, -0.25) is 9.59 Å². The highest BCUT2D eigenvalue weighted by Crippen LogP contribution is 2.18. The van der Waals surface area contributed by atoms with Crippen molar-refractivity contribution in [1.29, 1.82) is 0 Å². The zero-order valence-corrected chi connectivity index (χ0v) is 20.8. The average molecular weight is 510 g/mol. The molecule has 168 valence electrons. The number of benzene rings is 2. The Labute approximate surface area is 198 Å². The minimum atomic E-state index is -0.595. The molecule has 0 spiro atoms. The van der Waals surface area contributed by atoms with E-state index in [0.717, 1.165) is 10.0 Å². The number of ether oxygens (including phenoxy) is 1. The second-order valence-electron chi connectivity index (χ2n) is 8.47. The summed E-state index contributed by atoms with van der Waals surface area (Å²) in [6.07, 6.45) is 0.832. The molecule has 0 radical (unpaired) electrons. The van der Waals surface area contributed by atoms with Gasteiger partial charge in [-0.1, -0.05) is 39.7 Å². The molecule has 0 aromatic heterocycles. The normalized spacial score (nSPS) is 12.2. The van der Waals surface area contributed by atoms with Crippen LogP contribution in [0.15, 0.2) is 53.0 Å². The molecule has 2 rings (SSSR count). The number of amides is 2. The van der Waals surface area contributed by atoms with Gasteiger partial charge in [-0.05, 0) is 76.1 Å². The first-order chi connectivity index (χ1) is 14.5. The summed E-state index contributed by atoms with van der Waals surface area (Å²) < 4.78 is 6.62. The van der Waals surface area contributed by atoms with E-state index in [4.69, 9.17) is 16.3 Å². The SMILES string of the molecule is C[C@H](C(=O)NC(C)(C)C)N(Cc1cccc(Br)c1)C(=O)CCCOc1ccc(Cl)cc1. The molecule has 2 aromatic carbocycles. The Morgan fingerprint density at radius 2 is 1.84 bits per heavy atom. The second kappa shape index (κ2) is 11.5. The maximum atomic E-state index is 13.1. The van der Waals surface area contributed by atoms with Crippen molar-refractivity contribution in [3.05, 3.63) is 63.6 Å². The highest BCUT2D eigenvalue weighted by molar-refractivity contribution is 9.10. The van der Waals surface area contributed by atoms with Gasteiger partial charge in [0.2, 0.25) is 11.8 Å². The number of hydrogen-bond acceptors (Lipinski definition) is 3. The number of rotatable bonds is 9. The van der Waals surface area contributed by atoms with E-state index in [9.17, 15) is 9.59 Å². The molecule has 0 saturated heterocycles. The van der Waals surface area contributed by atoms with Gasteiger partial charge in [0.05, 0.1) is 6.61 Å². The van der Waals surface area contributed by atoms with Crippen LogP contribution in [-0.4, -0.2) is 34.9 Å². The Balaban J connectivity index is 2.02. The van der Waals surface area contributed by atoms with Gasteiger partial charge in [0.25, 0.3) is 0 Å². The van der Waals surface area contributed by atoms with Gasteiger partial charge in [-0.15, -0.1) is 0 Å². The molecule has 0 aliphatic carbocycles. The van der Waals surface area contributed by atoms with Crippen molar-refractivity contribution in [3.8, 4) is 5.75 Å². The Morgan fingerprint density at radius 1 is 1.16 bits per heavy atom. The first-order valence-electron chi connectivity index (χ1n) is 10.3. The Morgan fingerprint density at radius 3 is 2.45 bits per heavy atom. The molecular weight excluding hydrogens is 480 g/mol. The number of hydrogen-bond donors (Lipinski definition) is 1. The van der Waals surface area contributed by atoms with Crippen LogP contribution < -0.4 is 10.1 Å². The molecular formula is C24H30BrClN2O3. The maximum absolute atomic E-state index is 13.1. The molecule has 0 aliphatic rings. The minimum absolute atomic E-state index is 0.0868. The van der Waals surface area contributed by atoms with Crippen molar-refractivity contribution in [2.75, 3.05) is 6.61 Å². The average Bonchev–Trinajstić information content (AvgIpc) is 2.69. The van der Waals surface area contributed by atoms with E-state index in [1.165, 1.54) is 0 Å². The van der Waals surface area contributed by atoms with Crippen LogP contribution in [0, 0.1) is 0 Å². The van der Waals surface area contributed by atoms with Crippen molar-refractivity contribution < 1.29 is 14.3 Å². The number of halogens is 2. The van der Waals surface area contributed by atoms with Gasteiger partial charge in [0.1, 0.15) is 11.8 Å². The summed E-state index contributed by atoms with van der Waals surface area (Å²) in [6.45, 7) is 8.29. The van der Waals surface area contributed by atoms with Crippen LogP contribution in [0.4, 0.5) is 0 Å². The van der Waals surface area contributed by atoms with Gasteiger partial charge in [-0.25, -0.2) is 0 Å². The fraction of sp³-hybridized carbons (Fsp3) is 0.417. The van der Waals surface area contributed by atoms with Crippen molar-refractivity contribution >= 4 is 39.3 Å². The van der Waals surface area contributed by atoms with Crippen molar-refractivity contribution in [3.63, 3.8) is 0 Å². The fourth-order valence-electron chi connectivity index (χ4n) is 2.98. The van der Waals surface area contributed by atoms with Gasteiger partial charge in [-0.2, -0.15) is 0 Å². The lowest BCUT2D eigenvalue weighted by Crippen LogP contribution is -2.52. The van der Waals surface area contributed by atoms with E-state index in [1.54, 1.807) is 36.1 Å². The number of nitrogens with one attached hydrogen (secondary N) is 1. The van der Waals surface area contributed by atoms with E-state index < -0.39 is 6.04 Å². The largest absolute Gasteiger partial charge is 0.494 e. The summed E-state index contributed by atoms with van der Waals surface area (Å²) in [6, 6.07) is 14.3. The lowest BCUT2D eigenvalue weighted by atomic mass is 10.1. The van der Waals surface area contributed by atoms with Crippen molar-refractivity contribution in [1.82, 2.24) is 10.2 Å². The molecule has 7 heteroatoms. The number of nitrogens with zero attached hydrogens (tertiary/aromatic N) is 1. The summed E-state index contributed by atoms with van der Waals surface area (Å²) in [4.78, 5) is 27.4. The first kappa shape index (κ1) is 25.2. The predicted octanol–water partition coefficient (Wildman–Crippen LogP) is 5.59. The number of carbonyl (C=O) groups excluding carboxylic acids is 2. The summed E-state index contributed by atoms with van der Waals surface area (Å²) >= 11 is 9.34. The maximum Gasteiger partial charge on any atom is 0.242 e. The fourth-order valence-corrected chi connectivity index (χ4v) is 3.55. The van der Waals surface area contributed by atoms with Crippen LogP contribution in [0.5, 0.6) is 5.75 Å². The molecule has 0 aliphatic heterocycles. The van der Waals surface area contributed by atoms with Crippen molar-refractivity contribution in [2.24, 2.45) is 0 Å². The Bertz CT molecular complexity index is 881. The number of carbonyl (C=O) groups is 2. The van der Waals surface area contributed by atoms with E-state index in [2.05, 4.69) is 21.2 Å². The van der Waals surface area contributed by atoms with Crippen LogP contribution in [0.2, 0.25) is 5.02 Å². The third kappa shape index (κ3) is 8.91. The smallest absolute Gasteiger partial charge is 0.242 e. The summed E-state index contributed by atoms with van der Waals surface area (Å²) in [5.74, 6) is 0.449. The molecule has 0 bridgehead atoms. The molecule has 0 saturated carbocycles. The summed E-state index contributed by atoms with van der Waals surface area (Å²) in [5.41, 5.74) is 0.581. The highest BCUT2D eigenvalue weighted by Gasteiger charge is 2.28. The standard InChI is InChI=1S/C24H30BrClN2O3/c1-17(23(30)27-24(2,3)4)28(16-18-7-5-8-19(25)15-18)22(29)9-6-14-31-21-12-10-20(26)11-13-21/h5,7-8,10-13,15,17H,6,9,14,16H2,1-4H3,(H,27,30)/t17-/m1/s1. The third-order valence-corrected chi connectivity index (χ3v) is 5.27. The second-order valence-corrected chi connectivity index (χ2v) is 9.82. The zero-order valence-electron chi connectivity index (χ0n) is 18.5.